The molecule has 0 aromatic heterocycles. The van der Waals surface area contributed by atoms with Crippen LogP contribution in [0.25, 0.3) is 0 Å². The molecule has 1 aromatic rings. The molecule has 0 aliphatic heterocycles. The molecule has 0 unspecified atom stereocenters. The zero-order valence-corrected chi connectivity index (χ0v) is 14.1. The second-order valence-corrected chi connectivity index (χ2v) is 4.65. The molecule has 0 saturated carbocycles. The van der Waals surface area contributed by atoms with Crippen molar-refractivity contribution in [2.75, 3.05) is 0 Å². The van der Waals surface area contributed by atoms with Crippen molar-refractivity contribution in [3.63, 3.8) is 0 Å². The lowest BCUT2D eigenvalue weighted by atomic mass is 10.1. The molecule has 1 aromatic carbocycles. The van der Waals surface area contributed by atoms with Crippen LogP contribution in [-0.4, -0.2) is 44.3 Å². The van der Waals surface area contributed by atoms with Crippen molar-refractivity contribution < 1.29 is 39.6 Å². The quantitative estimate of drug-likeness (QED) is 0.405. The van der Waals surface area contributed by atoms with E-state index < -0.39 is 23.9 Å². The SMILES string of the molecule is C=CC=C.O=C(O)CCCCC(=O)O.O=C(O)c1ccc(C(=O)O)cc1. The molecular weight excluding hydrogens is 344 g/mol. The van der Waals surface area contributed by atoms with Crippen LogP contribution in [0.2, 0.25) is 0 Å². The van der Waals surface area contributed by atoms with E-state index in [1.807, 2.05) is 0 Å². The smallest absolute Gasteiger partial charge is 0.335 e. The Balaban J connectivity index is 0. The molecule has 26 heavy (non-hydrogen) atoms. The number of allylic oxidation sites excluding steroid dienone is 2. The number of aliphatic carboxylic acids is 2. The zero-order chi connectivity index (χ0) is 20.5. The number of hydrogen-bond donors (Lipinski definition) is 4. The van der Waals surface area contributed by atoms with Crippen molar-refractivity contribution in [2.45, 2.75) is 25.7 Å². The number of carbonyl (C=O) groups is 4. The molecule has 0 amide bonds. The van der Waals surface area contributed by atoms with Gasteiger partial charge in [0.05, 0.1) is 11.1 Å². The number of unbranched alkanes of at least 4 members (excludes halogenated alkanes) is 1. The minimum absolute atomic E-state index is 0.0628. The monoisotopic (exact) mass is 366 g/mol. The molecule has 0 radical (unpaired) electrons. The van der Waals surface area contributed by atoms with Crippen molar-refractivity contribution in [2.24, 2.45) is 0 Å². The zero-order valence-electron chi connectivity index (χ0n) is 14.1. The molecule has 4 N–H and O–H groups in total. The maximum Gasteiger partial charge on any atom is 0.335 e. The molecule has 0 spiro atoms. The van der Waals surface area contributed by atoms with Gasteiger partial charge in [-0.3, -0.25) is 9.59 Å². The topological polar surface area (TPSA) is 149 Å². The number of carboxylic acids is 4. The summed E-state index contributed by atoms with van der Waals surface area (Å²) in [7, 11) is 0. The molecule has 0 heterocycles. The van der Waals surface area contributed by atoms with Gasteiger partial charge >= 0.3 is 23.9 Å². The average Bonchev–Trinajstić information content (AvgIpc) is 2.59. The summed E-state index contributed by atoms with van der Waals surface area (Å²) in [6, 6.07) is 5.02. The summed E-state index contributed by atoms with van der Waals surface area (Å²) >= 11 is 0. The summed E-state index contributed by atoms with van der Waals surface area (Å²) in [6.45, 7) is 6.72. The van der Waals surface area contributed by atoms with E-state index in [1.165, 1.54) is 24.3 Å². The molecule has 0 aliphatic rings. The van der Waals surface area contributed by atoms with E-state index in [1.54, 1.807) is 12.2 Å². The molecule has 0 saturated heterocycles. The van der Waals surface area contributed by atoms with Crippen LogP contribution in [0, 0.1) is 0 Å². The van der Waals surface area contributed by atoms with Gasteiger partial charge in [-0.25, -0.2) is 9.59 Å². The van der Waals surface area contributed by atoms with Crippen molar-refractivity contribution in [1.82, 2.24) is 0 Å². The Morgan fingerprint density at radius 2 is 0.962 bits per heavy atom. The van der Waals surface area contributed by atoms with Gasteiger partial charge in [-0.05, 0) is 37.1 Å². The third-order valence-corrected chi connectivity index (χ3v) is 2.58. The van der Waals surface area contributed by atoms with Crippen molar-refractivity contribution in [1.29, 1.82) is 0 Å². The maximum atomic E-state index is 10.3. The predicted molar refractivity (Wildman–Crippen MR) is 94.5 cm³/mol. The van der Waals surface area contributed by atoms with Gasteiger partial charge in [-0.15, -0.1) is 0 Å². The van der Waals surface area contributed by atoms with Gasteiger partial charge in [0, 0.05) is 12.8 Å². The van der Waals surface area contributed by atoms with Gasteiger partial charge < -0.3 is 20.4 Å². The van der Waals surface area contributed by atoms with Crippen molar-refractivity contribution >= 4 is 23.9 Å². The highest BCUT2D eigenvalue weighted by Crippen LogP contribution is 2.03. The van der Waals surface area contributed by atoms with E-state index in [-0.39, 0.29) is 24.0 Å². The fourth-order valence-corrected chi connectivity index (χ4v) is 1.31. The highest BCUT2D eigenvalue weighted by atomic mass is 16.4. The molecule has 0 atom stereocenters. The predicted octanol–water partition coefficient (Wildman–Crippen LogP) is 3.16. The van der Waals surface area contributed by atoms with Crippen molar-refractivity contribution in [3.05, 3.63) is 60.7 Å². The highest BCUT2D eigenvalue weighted by molar-refractivity contribution is 5.91. The summed E-state index contributed by atoms with van der Waals surface area (Å²) in [4.78, 5) is 40.5. The van der Waals surface area contributed by atoms with Crippen LogP contribution >= 0.6 is 0 Å². The molecule has 142 valence electrons. The number of hydrogen-bond acceptors (Lipinski definition) is 4. The van der Waals surface area contributed by atoms with E-state index >= 15 is 0 Å². The van der Waals surface area contributed by atoms with Gasteiger partial charge in [-0.2, -0.15) is 0 Å². The Morgan fingerprint density at radius 3 is 1.12 bits per heavy atom. The number of rotatable bonds is 8. The molecule has 0 bridgehead atoms. The lowest BCUT2D eigenvalue weighted by Gasteiger charge is -1.94. The van der Waals surface area contributed by atoms with E-state index in [0.717, 1.165) is 0 Å². The first-order valence-electron chi connectivity index (χ1n) is 7.39. The van der Waals surface area contributed by atoms with Gasteiger partial charge in [0.15, 0.2) is 0 Å². The van der Waals surface area contributed by atoms with Crippen LogP contribution in [0.4, 0.5) is 0 Å². The first-order chi connectivity index (χ1) is 12.1. The fraction of sp³-hybridized carbons (Fsp3) is 0.222. The number of aromatic carboxylic acids is 2. The molecule has 1 rings (SSSR count). The Kier molecular flexibility index (Phi) is 14.4. The van der Waals surface area contributed by atoms with Crippen LogP contribution < -0.4 is 0 Å². The largest absolute Gasteiger partial charge is 0.481 e. The first kappa shape index (κ1) is 24.8. The Bertz CT molecular complexity index is 562. The Labute approximate surface area is 150 Å². The van der Waals surface area contributed by atoms with Crippen LogP contribution in [0.1, 0.15) is 46.4 Å². The minimum atomic E-state index is -1.06. The molecule has 8 nitrogen and oxygen atoms in total. The van der Waals surface area contributed by atoms with E-state index in [4.69, 9.17) is 20.4 Å². The van der Waals surface area contributed by atoms with Crippen LogP contribution in [0.15, 0.2) is 49.6 Å². The van der Waals surface area contributed by atoms with Crippen molar-refractivity contribution in [3.8, 4) is 0 Å². The van der Waals surface area contributed by atoms with E-state index in [9.17, 15) is 19.2 Å². The second-order valence-electron chi connectivity index (χ2n) is 4.65. The first-order valence-corrected chi connectivity index (χ1v) is 7.39. The van der Waals surface area contributed by atoms with Gasteiger partial charge in [0.25, 0.3) is 0 Å². The Morgan fingerprint density at radius 1 is 0.692 bits per heavy atom. The third-order valence-electron chi connectivity index (χ3n) is 2.58. The second kappa shape index (κ2) is 15.1. The van der Waals surface area contributed by atoms with E-state index in [0.29, 0.717) is 12.8 Å². The van der Waals surface area contributed by atoms with Crippen LogP contribution in [0.5, 0.6) is 0 Å². The summed E-state index contributed by atoms with van der Waals surface area (Å²) in [5, 5.41) is 33.2. The third kappa shape index (κ3) is 15.5. The average molecular weight is 366 g/mol. The number of benzene rings is 1. The lowest BCUT2D eigenvalue weighted by molar-refractivity contribution is -0.139. The summed E-state index contributed by atoms with van der Waals surface area (Å²) in [6.07, 6.45) is 4.30. The molecule has 0 aliphatic carbocycles. The lowest BCUT2D eigenvalue weighted by Crippen LogP contribution is -1.99. The van der Waals surface area contributed by atoms with E-state index in [2.05, 4.69) is 13.2 Å². The fourth-order valence-electron chi connectivity index (χ4n) is 1.31. The maximum absolute atomic E-state index is 10.3. The minimum Gasteiger partial charge on any atom is -0.481 e. The standard InChI is InChI=1S/C8H6O4.C6H10O4.C4H6/c9-7(10)5-1-2-6(4-3-5)8(11)12;7-5(8)3-1-2-4-6(9)10;1-3-4-2/h1-4H,(H,9,10)(H,11,12);1-4H2,(H,7,8)(H,9,10);3-4H,1-2H2. The molecule has 0 fully saturated rings. The summed E-state index contributed by atoms with van der Waals surface area (Å²) < 4.78 is 0. The Hall–Kier alpha value is -3.42. The number of carboxylic acid groups (broad SMARTS) is 4. The normalized spacial score (nSPS) is 8.62. The summed E-state index contributed by atoms with van der Waals surface area (Å²) in [5.74, 6) is -3.87. The molecular formula is C18H22O8. The van der Waals surface area contributed by atoms with Gasteiger partial charge in [-0.1, -0.05) is 25.3 Å². The van der Waals surface area contributed by atoms with Crippen LogP contribution in [-0.2, 0) is 9.59 Å². The highest BCUT2D eigenvalue weighted by Gasteiger charge is 2.04. The van der Waals surface area contributed by atoms with Gasteiger partial charge in [0.1, 0.15) is 0 Å². The summed E-state index contributed by atoms with van der Waals surface area (Å²) in [5.41, 5.74) is 0.167. The molecule has 8 heteroatoms. The van der Waals surface area contributed by atoms with Crippen LogP contribution in [0.3, 0.4) is 0 Å². The van der Waals surface area contributed by atoms with Gasteiger partial charge in [0.2, 0.25) is 0 Å².